The van der Waals surface area contributed by atoms with Crippen LogP contribution in [0, 0.1) is 5.82 Å². The molecule has 0 unspecified atom stereocenters. The first-order valence-corrected chi connectivity index (χ1v) is 10.2. The minimum atomic E-state index is -0.414. The van der Waals surface area contributed by atoms with Gasteiger partial charge in [-0.05, 0) is 18.2 Å². The number of aromatic amines is 2. The monoisotopic (exact) mass is 460 g/mol. The van der Waals surface area contributed by atoms with E-state index in [0.717, 1.165) is 0 Å². The summed E-state index contributed by atoms with van der Waals surface area (Å²) in [6.45, 7) is 0.149. The third-order valence-electron chi connectivity index (χ3n) is 4.99. The molecule has 170 valence electrons. The normalized spacial score (nSPS) is 11.0. The van der Waals surface area contributed by atoms with Crippen molar-refractivity contribution in [1.29, 1.82) is 0 Å². The van der Waals surface area contributed by atoms with Crippen LogP contribution in [0.3, 0.4) is 0 Å². The molecule has 0 bridgehead atoms. The lowest BCUT2D eigenvalue weighted by molar-refractivity contribution is -0.115. The zero-order valence-corrected chi connectivity index (χ0v) is 17.5. The van der Waals surface area contributed by atoms with Gasteiger partial charge in [0.05, 0.1) is 18.7 Å². The second kappa shape index (κ2) is 8.94. The van der Waals surface area contributed by atoms with E-state index in [1.807, 2.05) is 0 Å². The van der Waals surface area contributed by atoms with Crippen LogP contribution in [0.4, 0.5) is 10.2 Å². The fraction of sp³-hybridized carbons (Fsp3) is 0.0909. The zero-order chi connectivity index (χ0) is 23.5. The van der Waals surface area contributed by atoms with Crippen molar-refractivity contribution >= 4 is 11.7 Å². The molecule has 5 rings (SSSR count). The predicted molar refractivity (Wildman–Crippen MR) is 118 cm³/mol. The van der Waals surface area contributed by atoms with Gasteiger partial charge in [-0.3, -0.25) is 19.4 Å². The SMILES string of the molecule is O=C(Cc1c[nH][nH]c1=O)Nc1ccnc(-c2cc(-c3ccon3)n(Cc3ccccc3F)n2)n1. The van der Waals surface area contributed by atoms with Crippen molar-refractivity contribution < 1.29 is 13.7 Å². The quantitative estimate of drug-likeness (QED) is 0.338. The molecule has 0 aliphatic carbocycles. The van der Waals surface area contributed by atoms with Crippen molar-refractivity contribution in [3.63, 3.8) is 0 Å². The molecule has 34 heavy (non-hydrogen) atoms. The molecule has 3 N–H and O–H groups in total. The number of H-pyrrole nitrogens is 2. The summed E-state index contributed by atoms with van der Waals surface area (Å²) in [6.07, 6.45) is 4.22. The van der Waals surface area contributed by atoms with E-state index in [4.69, 9.17) is 4.52 Å². The summed E-state index contributed by atoms with van der Waals surface area (Å²) in [5.41, 5.74) is 1.87. The van der Waals surface area contributed by atoms with E-state index in [2.05, 4.69) is 35.7 Å². The summed E-state index contributed by atoms with van der Waals surface area (Å²) >= 11 is 0. The molecule has 1 amide bonds. The molecule has 1 aromatic carbocycles. The van der Waals surface area contributed by atoms with Gasteiger partial charge in [-0.2, -0.15) is 5.10 Å². The highest BCUT2D eigenvalue weighted by atomic mass is 19.1. The third kappa shape index (κ3) is 4.37. The molecule has 5 aromatic rings. The first-order valence-electron chi connectivity index (χ1n) is 10.2. The van der Waals surface area contributed by atoms with Crippen LogP contribution in [0.25, 0.3) is 22.9 Å². The van der Waals surface area contributed by atoms with Gasteiger partial charge in [0.2, 0.25) is 5.91 Å². The average molecular weight is 460 g/mol. The first-order chi connectivity index (χ1) is 16.6. The van der Waals surface area contributed by atoms with Crippen molar-refractivity contribution in [1.82, 2.24) is 35.1 Å². The smallest absolute Gasteiger partial charge is 0.267 e. The minimum absolute atomic E-state index is 0.119. The number of aromatic nitrogens is 7. The maximum Gasteiger partial charge on any atom is 0.267 e. The van der Waals surface area contributed by atoms with Gasteiger partial charge in [0.25, 0.3) is 5.56 Å². The van der Waals surface area contributed by atoms with Gasteiger partial charge in [-0.15, -0.1) is 0 Å². The Labute approximate surface area is 190 Å². The van der Waals surface area contributed by atoms with Gasteiger partial charge in [0, 0.05) is 29.6 Å². The van der Waals surface area contributed by atoms with Gasteiger partial charge in [0.15, 0.2) is 5.82 Å². The van der Waals surface area contributed by atoms with Gasteiger partial charge in [-0.25, -0.2) is 14.4 Å². The van der Waals surface area contributed by atoms with E-state index in [1.165, 1.54) is 30.8 Å². The number of halogens is 1. The maximum absolute atomic E-state index is 14.3. The number of nitrogens with one attached hydrogen (secondary N) is 3. The second-order valence-corrected chi connectivity index (χ2v) is 7.31. The number of benzene rings is 1. The fourth-order valence-corrected chi connectivity index (χ4v) is 3.36. The van der Waals surface area contributed by atoms with Crippen LogP contribution in [0.1, 0.15) is 11.1 Å². The molecule has 4 aromatic heterocycles. The van der Waals surface area contributed by atoms with Crippen LogP contribution >= 0.6 is 0 Å². The van der Waals surface area contributed by atoms with Gasteiger partial charge in [0.1, 0.15) is 29.3 Å². The van der Waals surface area contributed by atoms with Crippen molar-refractivity contribution in [3.8, 4) is 22.9 Å². The molecule has 0 aliphatic rings. The zero-order valence-electron chi connectivity index (χ0n) is 17.5. The maximum atomic E-state index is 14.3. The summed E-state index contributed by atoms with van der Waals surface area (Å²) < 4.78 is 20.8. The molecule has 11 nitrogen and oxygen atoms in total. The van der Waals surface area contributed by atoms with E-state index in [9.17, 15) is 14.0 Å². The lowest BCUT2D eigenvalue weighted by Gasteiger charge is -2.06. The van der Waals surface area contributed by atoms with E-state index in [1.54, 1.807) is 35.0 Å². The minimum Gasteiger partial charge on any atom is -0.364 e. The van der Waals surface area contributed by atoms with Gasteiger partial charge in [-0.1, -0.05) is 23.4 Å². The molecular formula is C22H17FN8O3. The van der Waals surface area contributed by atoms with E-state index in [-0.39, 0.29) is 36.0 Å². The Bertz CT molecular complexity index is 1500. The topological polar surface area (TPSA) is 147 Å². The Morgan fingerprint density at radius 3 is 2.79 bits per heavy atom. The summed E-state index contributed by atoms with van der Waals surface area (Å²) in [4.78, 5) is 32.5. The largest absolute Gasteiger partial charge is 0.364 e. The number of nitrogens with zero attached hydrogens (tertiary/aromatic N) is 5. The highest BCUT2D eigenvalue weighted by molar-refractivity contribution is 5.91. The summed E-state index contributed by atoms with van der Waals surface area (Å²) in [5.74, 6) is -0.279. The highest BCUT2D eigenvalue weighted by Crippen LogP contribution is 2.25. The average Bonchev–Trinajstić information content (AvgIpc) is 3.58. The van der Waals surface area contributed by atoms with Crippen molar-refractivity contribution in [3.05, 3.63) is 88.4 Å². The Hall–Kier alpha value is -4.87. The molecule has 0 spiro atoms. The Balaban J connectivity index is 1.43. The number of carbonyl (C=O) groups is 1. The number of hydrogen-bond donors (Lipinski definition) is 3. The fourth-order valence-electron chi connectivity index (χ4n) is 3.36. The number of rotatable bonds is 7. The standard InChI is InChI=1S/C22H17FN8O3/c23-15-4-2-1-3-13(15)12-31-18(16-6-8-34-30-16)10-17(29-31)21-24-7-5-19(27-21)26-20(32)9-14-11-25-28-22(14)33/h1-8,10-11H,9,12H2,(H2,25,28,33)(H,24,26,27,32). The Morgan fingerprint density at radius 1 is 1.15 bits per heavy atom. The first kappa shape index (κ1) is 21.0. The molecule has 0 saturated carbocycles. The third-order valence-corrected chi connectivity index (χ3v) is 4.99. The highest BCUT2D eigenvalue weighted by Gasteiger charge is 2.17. The van der Waals surface area contributed by atoms with E-state index < -0.39 is 5.91 Å². The molecule has 0 fully saturated rings. The molecule has 0 radical (unpaired) electrons. The Morgan fingerprint density at radius 2 is 2.03 bits per heavy atom. The predicted octanol–water partition coefficient (Wildman–Crippen LogP) is 2.38. The molecule has 0 aliphatic heterocycles. The molecule has 4 heterocycles. The number of carbonyl (C=O) groups excluding carboxylic acids is 1. The summed E-state index contributed by atoms with van der Waals surface area (Å²) in [7, 11) is 0. The number of anilines is 1. The lowest BCUT2D eigenvalue weighted by Crippen LogP contribution is -2.19. The van der Waals surface area contributed by atoms with Crippen LogP contribution in [0.2, 0.25) is 0 Å². The second-order valence-electron chi connectivity index (χ2n) is 7.31. The van der Waals surface area contributed by atoms with E-state index >= 15 is 0 Å². The molecule has 12 heteroatoms. The van der Waals surface area contributed by atoms with Crippen LogP contribution in [-0.2, 0) is 17.8 Å². The van der Waals surface area contributed by atoms with Crippen LogP contribution in [-0.4, -0.2) is 41.0 Å². The summed E-state index contributed by atoms with van der Waals surface area (Å²) in [5, 5.41) is 16.1. The number of amides is 1. The molecular weight excluding hydrogens is 443 g/mol. The molecule has 0 saturated heterocycles. The van der Waals surface area contributed by atoms with Crippen molar-refractivity contribution in [2.24, 2.45) is 0 Å². The molecule has 0 atom stereocenters. The number of hydrogen-bond acceptors (Lipinski definition) is 7. The van der Waals surface area contributed by atoms with Crippen molar-refractivity contribution in [2.45, 2.75) is 13.0 Å². The van der Waals surface area contributed by atoms with Crippen LogP contribution < -0.4 is 10.9 Å². The van der Waals surface area contributed by atoms with Crippen LogP contribution in [0.5, 0.6) is 0 Å². The van der Waals surface area contributed by atoms with E-state index in [0.29, 0.717) is 28.2 Å². The van der Waals surface area contributed by atoms with Gasteiger partial charge < -0.3 is 14.9 Å². The lowest BCUT2D eigenvalue weighted by atomic mass is 10.2. The van der Waals surface area contributed by atoms with Crippen molar-refractivity contribution in [2.75, 3.05) is 5.32 Å². The summed E-state index contributed by atoms with van der Waals surface area (Å²) in [6, 6.07) is 11.3. The Kier molecular flexibility index (Phi) is 5.52. The van der Waals surface area contributed by atoms with Crippen LogP contribution in [0.15, 0.2) is 70.4 Å². The van der Waals surface area contributed by atoms with Gasteiger partial charge >= 0.3 is 0 Å².